The maximum Gasteiger partial charge on any atom is 0.238 e. The smallest absolute Gasteiger partial charge is 0.238 e. The van der Waals surface area contributed by atoms with Crippen LogP contribution < -0.4 is 9.47 Å². The van der Waals surface area contributed by atoms with E-state index in [2.05, 4.69) is 18.2 Å². The van der Waals surface area contributed by atoms with E-state index in [1.165, 1.54) is 0 Å². The molecule has 3 aromatic carbocycles. The molecule has 0 aliphatic carbocycles. The first-order valence-electron chi connectivity index (χ1n) is 7.36. The number of para-hydroxylation sites is 2. The molecule has 110 valence electrons. The van der Waals surface area contributed by atoms with Gasteiger partial charge in [-0.1, -0.05) is 66.7 Å². The number of benzene rings is 3. The lowest BCUT2D eigenvalue weighted by Crippen LogP contribution is -2.19. The Morgan fingerprint density at radius 3 is 1.95 bits per heavy atom. The van der Waals surface area contributed by atoms with E-state index in [-0.39, 0.29) is 6.29 Å². The Balaban J connectivity index is 1.78. The summed E-state index contributed by atoms with van der Waals surface area (Å²) >= 11 is 0. The monoisotopic (exact) mass is 290 g/mol. The summed E-state index contributed by atoms with van der Waals surface area (Å²) in [4.78, 5) is 0. The van der Waals surface area contributed by atoms with Crippen molar-refractivity contribution in [1.82, 2.24) is 0 Å². The second kappa shape index (κ2) is 6.81. The quantitative estimate of drug-likeness (QED) is 0.604. The highest BCUT2D eigenvalue weighted by Crippen LogP contribution is 2.30. The van der Waals surface area contributed by atoms with Crippen LogP contribution in [0.15, 0.2) is 84.9 Å². The van der Waals surface area contributed by atoms with Crippen LogP contribution in [-0.2, 0) is 0 Å². The van der Waals surface area contributed by atoms with Crippen LogP contribution in [0.5, 0.6) is 11.5 Å². The van der Waals surface area contributed by atoms with Crippen molar-refractivity contribution in [3.8, 4) is 22.6 Å². The summed E-state index contributed by atoms with van der Waals surface area (Å²) < 4.78 is 11.8. The molecule has 3 rings (SSSR count). The molecule has 0 saturated heterocycles. The molecule has 0 bridgehead atoms. The molecule has 3 aromatic rings. The lowest BCUT2D eigenvalue weighted by Gasteiger charge is -2.18. The largest absolute Gasteiger partial charge is 0.455 e. The van der Waals surface area contributed by atoms with Crippen molar-refractivity contribution in [2.45, 2.75) is 13.2 Å². The van der Waals surface area contributed by atoms with Crippen LogP contribution in [0.2, 0.25) is 0 Å². The summed E-state index contributed by atoms with van der Waals surface area (Å²) in [6.07, 6.45) is -0.368. The first-order valence-corrected chi connectivity index (χ1v) is 7.36. The van der Waals surface area contributed by atoms with Gasteiger partial charge in [-0.05, 0) is 23.8 Å². The predicted molar refractivity (Wildman–Crippen MR) is 89.0 cm³/mol. The topological polar surface area (TPSA) is 18.5 Å². The molecular formula is C20H18O2. The number of hydrogen-bond acceptors (Lipinski definition) is 2. The van der Waals surface area contributed by atoms with Gasteiger partial charge in [0, 0.05) is 12.5 Å². The van der Waals surface area contributed by atoms with Crippen molar-refractivity contribution < 1.29 is 9.47 Å². The zero-order valence-electron chi connectivity index (χ0n) is 12.5. The molecule has 2 nitrogen and oxygen atoms in total. The fourth-order valence-corrected chi connectivity index (χ4v) is 2.32. The Morgan fingerprint density at radius 2 is 1.23 bits per heavy atom. The lowest BCUT2D eigenvalue weighted by atomic mass is 10.1. The van der Waals surface area contributed by atoms with E-state index in [1.807, 2.05) is 73.7 Å². The van der Waals surface area contributed by atoms with Crippen LogP contribution in [-0.4, -0.2) is 6.29 Å². The Labute approximate surface area is 131 Å². The van der Waals surface area contributed by atoms with E-state index in [9.17, 15) is 0 Å². The lowest BCUT2D eigenvalue weighted by molar-refractivity contribution is 0.0228. The summed E-state index contributed by atoms with van der Waals surface area (Å²) in [6, 6.07) is 27.9. The summed E-state index contributed by atoms with van der Waals surface area (Å²) in [7, 11) is 0. The molecule has 0 aliphatic rings. The second-order valence-electron chi connectivity index (χ2n) is 4.98. The minimum absolute atomic E-state index is 0.368. The Morgan fingerprint density at radius 1 is 0.636 bits per heavy atom. The fraction of sp³-hybridized carbons (Fsp3) is 0.100. The van der Waals surface area contributed by atoms with E-state index in [4.69, 9.17) is 9.47 Å². The third kappa shape index (κ3) is 3.47. The summed E-state index contributed by atoms with van der Waals surface area (Å²) in [6.45, 7) is 1.90. The van der Waals surface area contributed by atoms with Crippen molar-refractivity contribution in [1.29, 1.82) is 0 Å². The van der Waals surface area contributed by atoms with Crippen molar-refractivity contribution >= 4 is 0 Å². The molecule has 0 fully saturated rings. The molecule has 0 aliphatic heterocycles. The van der Waals surface area contributed by atoms with Gasteiger partial charge in [0.25, 0.3) is 0 Å². The molecule has 0 saturated carbocycles. The van der Waals surface area contributed by atoms with Crippen molar-refractivity contribution in [3.63, 3.8) is 0 Å². The summed E-state index contributed by atoms with van der Waals surface area (Å²) in [5.41, 5.74) is 2.19. The Kier molecular flexibility index (Phi) is 4.40. The molecule has 1 atom stereocenters. The van der Waals surface area contributed by atoms with Crippen molar-refractivity contribution in [2.75, 3.05) is 0 Å². The van der Waals surface area contributed by atoms with Crippen LogP contribution in [0.4, 0.5) is 0 Å². The van der Waals surface area contributed by atoms with Crippen molar-refractivity contribution in [2.24, 2.45) is 0 Å². The fourth-order valence-electron chi connectivity index (χ4n) is 2.32. The van der Waals surface area contributed by atoms with E-state index in [0.717, 1.165) is 22.6 Å². The zero-order valence-corrected chi connectivity index (χ0v) is 12.5. The van der Waals surface area contributed by atoms with Gasteiger partial charge >= 0.3 is 0 Å². The molecule has 0 N–H and O–H groups in total. The minimum Gasteiger partial charge on any atom is -0.455 e. The molecule has 1 unspecified atom stereocenters. The molecule has 0 spiro atoms. The number of hydrogen-bond donors (Lipinski definition) is 0. The van der Waals surface area contributed by atoms with Gasteiger partial charge in [-0.25, -0.2) is 0 Å². The van der Waals surface area contributed by atoms with Gasteiger partial charge in [0.15, 0.2) is 0 Å². The standard InChI is InChI=1S/C20H18O2/c1-16(21-18-12-6-3-7-13-18)22-20-15-9-8-14-19(20)17-10-4-2-5-11-17/h2-16H,1H3. The van der Waals surface area contributed by atoms with Gasteiger partial charge in [0.2, 0.25) is 6.29 Å². The second-order valence-corrected chi connectivity index (χ2v) is 4.98. The molecule has 0 amide bonds. The molecular weight excluding hydrogens is 272 g/mol. The molecule has 2 heteroatoms. The van der Waals surface area contributed by atoms with E-state index in [1.54, 1.807) is 0 Å². The highest BCUT2D eigenvalue weighted by molar-refractivity contribution is 5.70. The average molecular weight is 290 g/mol. The molecule has 22 heavy (non-hydrogen) atoms. The van der Waals surface area contributed by atoms with Crippen LogP contribution in [0.1, 0.15) is 6.92 Å². The zero-order chi connectivity index (χ0) is 15.2. The number of ether oxygens (including phenoxy) is 2. The van der Waals surface area contributed by atoms with Gasteiger partial charge < -0.3 is 9.47 Å². The van der Waals surface area contributed by atoms with Gasteiger partial charge in [0.05, 0.1) is 0 Å². The SMILES string of the molecule is CC(Oc1ccccc1)Oc1ccccc1-c1ccccc1. The summed E-state index contributed by atoms with van der Waals surface area (Å²) in [5.74, 6) is 1.62. The highest BCUT2D eigenvalue weighted by atomic mass is 16.7. The van der Waals surface area contributed by atoms with Crippen LogP contribution in [0, 0.1) is 0 Å². The normalized spacial score (nSPS) is 11.7. The van der Waals surface area contributed by atoms with Gasteiger partial charge in [-0.15, -0.1) is 0 Å². The van der Waals surface area contributed by atoms with Gasteiger partial charge in [-0.3, -0.25) is 0 Å². The summed E-state index contributed by atoms with van der Waals surface area (Å²) in [5, 5.41) is 0. The Bertz CT molecular complexity index is 708. The molecule has 0 aromatic heterocycles. The van der Waals surface area contributed by atoms with E-state index >= 15 is 0 Å². The minimum atomic E-state index is -0.368. The highest BCUT2D eigenvalue weighted by Gasteiger charge is 2.10. The average Bonchev–Trinajstić information content (AvgIpc) is 2.57. The Hall–Kier alpha value is -2.74. The maximum atomic E-state index is 5.98. The molecule has 0 radical (unpaired) electrons. The third-order valence-corrected chi connectivity index (χ3v) is 3.31. The van der Waals surface area contributed by atoms with E-state index in [0.29, 0.717) is 0 Å². The number of rotatable bonds is 5. The van der Waals surface area contributed by atoms with Crippen LogP contribution >= 0.6 is 0 Å². The first-order chi connectivity index (χ1) is 10.8. The van der Waals surface area contributed by atoms with Crippen LogP contribution in [0.25, 0.3) is 11.1 Å². The first kappa shape index (κ1) is 14.2. The third-order valence-electron chi connectivity index (χ3n) is 3.31. The van der Waals surface area contributed by atoms with Gasteiger partial charge in [-0.2, -0.15) is 0 Å². The van der Waals surface area contributed by atoms with Crippen molar-refractivity contribution in [3.05, 3.63) is 84.9 Å². The molecule has 0 heterocycles. The maximum absolute atomic E-state index is 5.98. The van der Waals surface area contributed by atoms with Crippen LogP contribution in [0.3, 0.4) is 0 Å². The predicted octanol–water partition coefficient (Wildman–Crippen LogP) is 5.16. The van der Waals surface area contributed by atoms with Gasteiger partial charge in [0.1, 0.15) is 11.5 Å². The van der Waals surface area contributed by atoms with E-state index < -0.39 is 0 Å².